The number of nitrogens with two attached hydrogens (primary N) is 1. The van der Waals surface area contributed by atoms with E-state index in [0.29, 0.717) is 32.7 Å². The number of nitrogens with one attached hydrogen (secondary N) is 2. The van der Waals surface area contributed by atoms with Gasteiger partial charge >= 0.3 is 0 Å². The third-order valence-electron chi connectivity index (χ3n) is 3.78. The minimum atomic E-state index is -0.593. The van der Waals surface area contributed by atoms with Crippen molar-refractivity contribution in [2.75, 3.05) is 26.4 Å². The van der Waals surface area contributed by atoms with Crippen molar-refractivity contribution in [2.24, 2.45) is 5.73 Å². The number of unbranched alkanes of at least 4 members (excludes halogenated alkanes) is 4. The highest BCUT2D eigenvalue weighted by atomic mass is 16.5. The average Bonchev–Trinajstić information content (AvgIpc) is 2.60. The number of hydrogen-bond donors (Lipinski definition) is 5. The van der Waals surface area contributed by atoms with Gasteiger partial charge in [-0.3, -0.25) is 5.41 Å². The molecule has 7 heteroatoms. The molecule has 0 aliphatic rings. The standard InChI is InChI=1S/C16H34O4.C4H11N3/c1-3-5-7-12-19-14-15(18)16(10-9-11-17)20-13-8-6-4-2;1-3(2)7-4(5)6/h15-18H,3-14H2,1-2H3;3H,1-2H3,(H4,5,6,7)/t15-,16+;/m1./s1. The lowest BCUT2D eigenvalue weighted by atomic mass is 10.1. The van der Waals surface area contributed by atoms with E-state index >= 15 is 0 Å². The predicted molar refractivity (Wildman–Crippen MR) is 112 cm³/mol. The topological polar surface area (TPSA) is 121 Å². The SMILES string of the molecule is CC(C)NC(=N)N.CCCCCOC[C@@H](O)[C@H](CCCO)OCCCCC. The fourth-order valence-corrected chi connectivity index (χ4v) is 2.34. The summed E-state index contributed by atoms with van der Waals surface area (Å²) in [6.07, 6.45) is 7.24. The molecule has 0 spiro atoms. The van der Waals surface area contributed by atoms with E-state index in [2.05, 4.69) is 19.2 Å². The highest BCUT2D eigenvalue weighted by molar-refractivity contribution is 5.74. The first-order valence-corrected chi connectivity index (χ1v) is 10.5. The number of ether oxygens (including phenoxy) is 2. The molecule has 0 saturated carbocycles. The third kappa shape index (κ3) is 23.1. The van der Waals surface area contributed by atoms with Gasteiger partial charge in [-0.1, -0.05) is 39.5 Å². The van der Waals surface area contributed by atoms with Gasteiger partial charge in [0.2, 0.25) is 0 Å². The average molecular weight is 392 g/mol. The molecule has 0 fully saturated rings. The van der Waals surface area contributed by atoms with Crippen LogP contribution in [0.4, 0.5) is 0 Å². The smallest absolute Gasteiger partial charge is 0.185 e. The molecule has 0 amide bonds. The highest BCUT2D eigenvalue weighted by Crippen LogP contribution is 2.10. The van der Waals surface area contributed by atoms with Gasteiger partial charge in [0.1, 0.15) is 6.10 Å². The van der Waals surface area contributed by atoms with Gasteiger partial charge in [0, 0.05) is 25.9 Å². The summed E-state index contributed by atoms with van der Waals surface area (Å²) in [6.45, 7) is 10.0. The lowest BCUT2D eigenvalue weighted by Crippen LogP contribution is -2.35. The summed E-state index contributed by atoms with van der Waals surface area (Å²) in [6, 6.07) is 0.275. The summed E-state index contributed by atoms with van der Waals surface area (Å²) in [4.78, 5) is 0. The lowest BCUT2D eigenvalue weighted by Gasteiger charge is -2.23. The number of rotatable bonds is 16. The summed E-state index contributed by atoms with van der Waals surface area (Å²) in [5, 5.41) is 28.4. The number of hydrogen-bond acceptors (Lipinski definition) is 5. The first-order valence-electron chi connectivity index (χ1n) is 10.5. The summed E-state index contributed by atoms with van der Waals surface area (Å²) in [5.41, 5.74) is 4.97. The van der Waals surface area contributed by atoms with Gasteiger partial charge in [0.25, 0.3) is 0 Å². The second kappa shape index (κ2) is 21.4. The Morgan fingerprint density at radius 1 is 1.04 bits per heavy atom. The van der Waals surface area contributed by atoms with Gasteiger partial charge in [0.15, 0.2) is 5.96 Å². The van der Waals surface area contributed by atoms with E-state index in [-0.39, 0.29) is 24.7 Å². The van der Waals surface area contributed by atoms with Gasteiger partial charge in [-0.2, -0.15) is 0 Å². The fourth-order valence-electron chi connectivity index (χ4n) is 2.34. The minimum Gasteiger partial charge on any atom is -0.396 e. The molecular weight excluding hydrogens is 346 g/mol. The maximum absolute atomic E-state index is 10.1. The first kappa shape index (κ1) is 28.3. The molecule has 7 nitrogen and oxygen atoms in total. The van der Waals surface area contributed by atoms with E-state index in [4.69, 9.17) is 25.7 Å². The molecule has 0 radical (unpaired) electrons. The molecule has 0 bridgehead atoms. The predicted octanol–water partition coefficient (Wildman–Crippen LogP) is 2.78. The quantitative estimate of drug-likeness (QED) is 0.157. The van der Waals surface area contributed by atoms with Crippen LogP contribution in [0.25, 0.3) is 0 Å². The molecule has 0 aliphatic heterocycles. The van der Waals surface area contributed by atoms with Crippen LogP contribution in [0.1, 0.15) is 79.1 Å². The van der Waals surface area contributed by atoms with Gasteiger partial charge < -0.3 is 30.7 Å². The molecule has 0 rings (SSSR count). The number of aliphatic hydroxyl groups is 2. The van der Waals surface area contributed by atoms with Crippen LogP contribution in [0.2, 0.25) is 0 Å². The van der Waals surface area contributed by atoms with E-state index in [1.165, 1.54) is 6.42 Å². The Morgan fingerprint density at radius 3 is 2.07 bits per heavy atom. The normalized spacial score (nSPS) is 13.0. The zero-order valence-electron chi connectivity index (χ0n) is 18.0. The van der Waals surface area contributed by atoms with Crippen LogP contribution >= 0.6 is 0 Å². The van der Waals surface area contributed by atoms with Crippen LogP contribution < -0.4 is 11.1 Å². The molecule has 2 atom stereocenters. The summed E-state index contributed by atoms with van der Waals surface area (Å²) in [7, 11) is 0. The number of guanidine groups is 1. The highest BCUT2D eigenvalue weighted by Gasteiger charge is 2.19. The second-order valence-electron chi connectivity index (χ2n) is 7.04. The molecule has 0 saturated heterocycles. The van der Waals surface area contributed by atoms with Crippen LogP contribution in [-0.4, -0.2) is 60.8 Å². The van der Waals surface area contributed by atoms with E-state index in [9.17, 15) is 5.11 Å². The number of aliphatic hydroxyl groups excluding tert-OH is 2. The summed E-state index contributed by atoms with van der Waals surface area (Å²) < 4.78 is 11.2. The third-order valence-corrected chi connectivity index (χ3v) is 3.78. The van der Waals surface area contributed by atoms with E-state index in [1.807, 2.05) is 13.8 Å². The van der Waals surface area contributed by atoms with E-state index in [0.717, 1.165) is 32.1 Å². The Kier molecular flexibility index (Phi) is 22.5. The van der Waals surface area contributed by atoms with Crippen molar-refractivity contribution < 1.29 is 19.7 Å². The maximum Gasteiger partial charge on any atom is 0.185 e. The Bertz CT molecular complexity index is 318. The van der Waals surface area contributed by atoms with Crippen molar-refractivity contribution in [1.29, 1.82) is 5.41 Å². The summed E-state index contributed by atoms with van der Waals surface area (Å²) in [5.74, 6) is 0.0370. The van der Waals surface area contributed by atoms with Crippen molar-refractivity contribution in [1.82, 2.24) is 5.32 Å². The molecule has 27 heavy (non-hydrogen) atoms. The minimum absolute atomic E-state index is 0.0370. The van der Waals surface area contributed by atoms with Crippen molar-refractivity contribution in [3.05, 3.63) is 0 Å². The molecule has 0 heterocycles. The van der Waals surface area contributed by atoms with Crippen molar-refractivity contribution in [2.45, 2.75) is 97.3 Å². The van der Waals surface area contributed by atoms with Gasteiger partial charge in [-0.15, -0.1) is 0 Å². The molecule has 0 aliphatic carbocycles. The second-order valence-corrected chi connectivity index (χ2v) is 7.04. The van der Waals surface area contributed by atoms with Crippen molar-refractivity contribution in [3.63, 3.8) is 0 Å². The van der Waals surface area contributed by atoms with Gasteiger partial charge in [-0.05, 0) is 39.5 Å². The van der Waals surface area contributed by atoms with E-state index in [1.54, 1.807) is 0 Å². The Hall–Kier alpha value is -0.890. The Morgan fingerprint density at radius 2 is 1.63 bits per heavy atom. The van der Waals surface area contributed by atoms with Crippen molar-refractivity contribution >= 4 is 5.96 Å². The molecule has 0 unspecified atom stereocenters. The molecule has 0 aromatic rings. The van der Waals surface area contributed by atoms with Gasteiger partial charge in [-0.25, -0.2) is 0 Å². The lowest BCUT2D eigenvalue weighted by molar-refractivity contribution is -0.0775. The summed E-state index contributed by atoms with van der Waals surface area (Å²) >= 11 is 0. The monoisotopic (exact) mass is 391 g/mol. The van der Waals surface area contributed by atoms with Gasteiger partial charge in [0.05, 0.1) is 12.7 Å². The molecule has 0 aromatic heterocycles. The maximum atomic E-state index is 10.1. The largest absolute Gasteiger partial charge is 0.396 e. The molecule has 0 aromatic carbocycles. The van der Waals surface area contributed by atoms with Crippen LogP contribution in [0, 0.1) is 5.41 Å². The van der Waals surface area contributed by atoms with Crippen LogP contribution in [0.15, 0.2) is 0 Å². The Labute approximate surface area is 166 Å². The fraction of sp³-hybridized carbons (Fsp3) is 0.950. The van der Waals surface area contributed by atoms with Crippen LogP contribution in [0.3, 0.4) is 0 Å². The zero-order chi connectivity index (χ0) is 20.9. The zero-order valence-corrected chi connectivity index (χ0v) is 18.0. The molecule has 164 valence electrons. The first-order chi connectivity index (χ1) is 12.9. The molecule has 6 N–H and O–H groups in total. The van der Waals surface area contributed by atoms with Crippen LogP contribution in [-0.2, 0) is 9.47 Å². The van der Waals surface area contributed by atoms with Crippen molar-refractivity contribution in [3.8, 4) is 0 Å². The van der Waals surface area contributed by atoms with E-state index < -0.39 is 6.10 Å². The Balaban J connectivity index is 0. The van der Waals surface area contributed by atoms with Crippen LogP contribution in [0.5, 0.6) is 0 Å². The molecular formula is C20H45N3O4.